The predicted octanol–water partition coefficient (Wildman–Crippen LogP) is 0.747. The monoisotopic (exact) mass is 358 g/mol. The van der Waals surface area contributed by atoms with Crippen molar-refractivity contribution in [2.45, 2.75) is 38.8 Å². The molecule has 2 rings (SSSR count). The van der Waals surface area contributed by atoms with Crippen LogP contribution >= 0.6 is 15.9 Å². The zero-order valence-corrected chi connectivity index (χ0v) is 13.9. The van der Waals surface area contributed by atoms with Crippen molar-refractivity contribution in [3.63, 3.8) is 0 Å². The molecule has 0 fully saturated rings. The van der Waals surface area contributed by atoms with Gasteiger partial charge in [0.15, 0.2) is 15.9 Å². The van der Waals surface area contributed by atoms with Crippen LogP contribution in [0.1, 0.15) is 26.2 Å². The number of hydrogen-bond donors (Lipinski definition) is 1. The molecule has 2 aromatic heterocycles. The Morgan fingerprint density at radius 2 is 1.90 bits per heavy atom. The van der Waals surface area contributed by atoms with Crippen molar-refractivity contribution in [2.75, 3.05) is 0 Å². The molecule has 0 bridgehead atoms. The number of aromatic nitrogens is 4. The molecule has 0 radical (unpaired) electrons. The van der Waals surface area contributed by atoms with E-state index < -0.39 is 0 Å². The molecule has 0 aromatic carbocycles. The molecule has 0 spiro atoms. The second kappa shape index (κ2) is 6.15. The summed E-state index contributed by atoms with van der Waals surface area (Å²) in [5, 5.41) is 9.23. The van der Waals surface area contributed by atoms with Crippen LogP contribution in [0.25, 0.3) is 11.2 Å². The molecule has 0 saturated carbocycles. The molecule has 7 nitrogen and oxygen atoms in total. The Morgan fingerprint density at radius 3 is 2.52 bits per heavy atom. The van der Waals surface area contributed by atoms with Crippen LogP contribution in [-0.4, -0.2) is 29.9 Å². The van der Waals surface area contributed by atoms with Gasteiger partial charge in [0.05, 0.1) is 6.10 Å². The van der Waals surface area contributed by atoms with Gasteiger partial charge in [0.25, 0.3) is 5.56 Å². The second-order valence-electron chi connectivity index (χ2n) is 5.26. The van der Waals surface area contributed by atoms with Crippen LogP contribution < -0.4 is 11.2 Å². The third-order valence-electron chi connectivity index (χ3n) is 3.56. The molecule has 0 aliphatic heterocycles. The fourth-order valence-corrected chi connectivity index (χ4v) is 2.67. The molecule has 0 saturated heterocycles. The van der Waals surface area contributed by atoms with Gasteiger partial charge in [-0.2, -0.15) is 0 Å². The van der Waals surface area contributed by atoms with E-state index in [4.69, 9.17) is 0 Å². The van der Waals surface area contributed by atoms with Crippen molar-refractivity contribution < 1.29 is 5.11 Å². The van der Waals surface area contributed by atoms with E-state index >= 15 is 0 Å². The number of hydrogen-bond acceptors (Lipinski definition) is 4. The highest BCUT2D eigenvalue weighted by molar-refractivity contribution is 9.10. The third kappa shape index (κ3) is 2.96. The van der Waals surface area contributed by atoms with Crippen molar-refractivity contribution in [1.82, 2.24) is 18.7 Å². The molecule has 2 aromatic rings. The highest BCUT2D eigenvalue weighted by Crippen LogP contribution is 2.13. The number of aliphatic hydroxyl groups is 1. The summed E-state index contributed by atoms with van der Waals surface area (Å²) in [4.78, 5) is 28.9. The summed E-state index contributed by atoms with van der Waals surface area (Å²) in [6.07, 6.45) is 1.74. The topological polar surface area (TPSA) is 82.1 Å². The molecule has 1 N–H and O–H groups in total. The summed E-state index contributed by atoms with van der Waals surface area (Å²) in [5.74, 6) is 0. The Bertz CT molecular complexity index is 772. The van der Waals surface area contributed by atoms with Gasteiger partial charge in [-0.1, -0.05) is 0 Å². The van der Waals surface area contributed by atoms with E-state index in [1.165, 1.54) is 9.13 Å². The predicted molar refractivity (Wildman–Crippen MR) is 83.4 cm³/mol. The lowest BCUT2D eigenvalue weighted by atomic mass is 10.2. The van der Waals surface area contributed by atoms with Gasteiger partial charge >= 0.3 is 5.69 Å². The molecule has 21 heavy (non-hydrogen) atoms. The van der Waals surface area contributed by atoms with Crippen LogP contribution in [0.2, 0.25) is 0 Å². The van der Waals surface area contributed by atoms with Crippen molar-refractivity contribution in [1.29, 1.82) is 0 Å². The summed E-state index contributed by atoms with van der Waals surface area (Å²) in [7, 11) is 3.33. The Labute approximate surface area is 130 Å². The standard InChI is InChI=1S/C13H19BrN4O3/c1-8(19)6-4-5-7-18-11(20)9-10(17(3)13(18)21)15-12(14)16(9)2/h8,19H,4-7H2,1-3H3/t8-/m1/s1. The summed E-state index contributed by atoms with van der Waals surface area (Å²) < 4.78 is 4.76. The van der Waals surface area contributed by atoms with Gasteiger partial charge in [0.2, 0.25) is 0 Å². The minimum Gasteiger partial charge on any atom is -0.393 e. The van der Waals surface area contributed by atoms with Crippen LogP contribution in [0.3, 0.4) is 0 Å². The molecule has 1 atom stereocenters. The first-order valence-electron chi connectivity index (χ1n) is 6.84. The van der Waals surface area contributed by atoms with Gasteiger partial charge in [-0.05, 0) is 42.1 Å². The summed E-state index contributed by atoms with van der Waals surface area (Å²) in [6.45, 7) is 2.07. The SMILES string of the molecule is C[C@@H](O)CCCCn1c(=O)c2c(nc(Br)n2C)n(C)c1=O. The van der Waals surface area contributed by atoms with Crippen molar-refractivity contribution in [2.24, 2.45) is 14.1 Å². The van der Waals surface area contributed by atoms with Gasteiger partial charge < -0.3 is 9.67 Å². The fraction of sp³-hybridized carbons (Fsp3) is 0.615. The summed E-state index contributed by atoms with van der Waals surface area (Å²) >= 11 is 3.27. The van der Waals surface area contributed by atoms with Gasteiger partial charge in [-0.3, -0.25) is 13.9 Å². The van der Waals surface area contributed by atoms with Crippen molar-refractivity contribution >= 4 is 27.1 Å². The van der Waals surface area contributed by atoms with Crippen LogP contribution in [0.15, 0.2) is 14.3 Å². The number of halogens is 1. The Balaban J connectivity index is 2.43. The third-order valence-corrected chi connectivity index (χ3v) is 4.27. The maximum Gasteiger partial charge on any atom is 0.332 e. The lowest BCUT2D eigenvalue weighted by Crippen LogP contribution is -2.39. The fourth-order valence-electron chi connectivity index (χ4n) is 2.32. The zero-order valence-electron chi connectivity index (χ0n) is 12.3. The first-order chi connectivity index (χ1) is 9.84. The molecule has 0 amide bonds. The van der Waals surface area contributed by atoms with Crippen molar-refractivity contribution in [3.8, 4) is 0 Å². The quantitative estimate of drug-likeness (QED) is 0.631. The number of imidazole rings is 1. The zero-order chi connectivity index (χ0) is 15.7. The normalized spacial score (nSPS) is 13.0. The van der Waals surface area contributed by atoms with Crippen molar-refractivity contribution in [3.05, 3.63) is 25.6 Å². The number of nitrogens with zero attached hydrogens (tertiary/aromatic N) is 4. The molecule has 8 heteroatoms. The van der Waals surface area contributed by atoms with Gasteiger partial charge in [-0.25, -0.2) is 9.78 Å². The first-order valence-corrected chi connectivity index (χ1v) is 7.63. The van der Waals surface area contributed by atoms with Gasteiger partial charge in [0.1, 0.15) is 0 Å². The molecule has 2 heterocycles. The van der Waals surface area contributed by atoms with Crippen LogP contribution in [0, 0.1) is 0 Å². The van der Waals surface area contributed by atoms with E-state index in [1.807, 2.05) is 0 Å². The molecule has 0 aliphatic carbocycles. The van der Waals surface area contributed by atoms with E-state index in [-0.39, 0.29) is 17.4 Å². The number of fused-ring (bicyclic) bond motifs is 1. The minimum absolute atomic E-state index is 0.328. The molecule has 0 aliphatic rings. The maximum atomic E-state index is 12.5. The van der Waals surface area contributed by atoms with E-state index in [0.29, 0.717) is 35.3 Å². The highest BCUT2D eigenvalue weighted by atomic mass is 79.9. The minimum atomic E-state index is -0.366. The molecular formula is C13H19BrN4O3. The Morgan fingerprint density at radius 1 is 1.24 bits per heavy atom. The average molecular weight is 359 g/mol. The smallest absolute Gasteiger partial charge is 0.332 e. The van der Waals surface area contributed by atoms with Gasteiger partial charge in [0, 0.05) is 20.6 Å². The van der Waals surface area contributed by atoms with Crippen LogP contribution in [0.5, 0.6) is 0 Å². The molecular weight excluding hydrogens is 340 g/mol. The highest BCUT2D eigenvalue weighted by Gasteiger charge is 2.17. The first kappa shape index (κ1) is 16.0. The second-order valence-corrected chi connectivity index (χ2v) is 5.96. The van der Waals surface area contributed by atoms with E-state index in [2.05, 4.69) is 20.9 Å². The number of unbranched alkanes of at least 4 members (excludes halogenated alkanes) is 1. The number of rotatable bonds is 5. The number of aliphatic hydroxyl groups excluding tert-OH is 1. The van der Waals surface area contributed by atoms with E-state index in [1.54, 1.807) is 25.6 Å². The summed E-state index contributed by atoms with van der Waals surface area (Å²) in [5.41, 5.74) is 0.0834. The van der Waals surface area contributed by atoms with Gasteiger partial charge in [-0.15, -0.1) is 0 Å². The average Bonchev–Trinajstić information content (AvgIpc) is 2.71. The molecule has 0 unspecified atom stereocenters. The Hall–Kier alpha value is -1.41. The lowest BCUT2D eigenvalue weighted by molar-refractivity contribution is 0.180. The van der Waals surface area contributed by atoms with E-state index in [0.717, 1.165) is 6.42 Å². The molecule has 116 valence electrons. The van der Waals surface area contributed by atoms with Crippen LogP contribution in [-0.2, 0) is 20.6 Å². The Kier molecular flexibility index (Phi) is 4.67. The summed E-state index contributed by atoms with van der Waals surface area (Å²) in [6, 6.07) is 0. The van der Waals surface area contributed by atoms with E-state index in [9.17, 15) is 14.7 Å². The lowest BCUT2D eigenvalue weighted by Gasteiger charge is -2.09. The maximum absolute atomic E-state index is 12.5. The number of aryl methyl sites for hydroxylation is 2. The van der Waals surface area contributed by atoms with Crippen LogP contribution in [0.4, 0.5) is 0 Å². The largest absolute Gasteiger partial charge is 0.393 e.